The van der Waals surface area contributed by atoms with E-state index in [2.05, 4.69) is 46.9 Å². The van der Waals surface area contributed by atoms with E-state index in [-0.39, 0.29) is 11.3 Å². The number of carbonyl (C=O) groups excluding carboxylic acids is 1. The van der Waals surface area contributed by atoms with Gasteiger partial charge in [0.1, 0.15) is 0 Å². The van der Waals surface area contributed by atoms with E-state index < -0.39 is 0 Å². The summed E-state index contributed by atoms with van der Waals surface area (Å²) >= 11 is 0. The zero-order valence-corrected chi connectivity index (χ0v) is 15.4. The first-order chi connectivity index (χ1) is 9.95. The number of hydrogen-bond donors (Lipinski definition) is 1. The fourth-order valence-electron chi connectivity index (χ4n) is 3.19. The first-order valence-electron chi connectivity index (χ1n) is 9.26. The van der Waals surface area contributed by atoms with E-state index >= 15 is 0 Å². The van der Waals surface area contributed by atoms with Crippen LogP contribution >= 0.6 is 0 Å². The lowest BCUT2D eigenvalue weighted by Crippen LogP contribution is -2.46. The van der Waals surface area contributed by atoms with Crippen molar-refractivity contribution in [3.63, 3.8) is 0 Å². The van der Waals surface area contributed by atoms with Gasteiger partial charge in [-0.15, -0.1) is 0 Å². The molecule has 0 aromatic heterocycles. The Labute approximate surface area is 133 Å². The summed E-state index contributed by atoms with van der Waals surface area (Å²) in [5, 5.41) is 3.37. The molecule has 0 aliphatic heterocycles. The highest BCUT2D eigenvalue weighted by molar-refractivity contribution is 5.82. The van der Waals surface area contributed by atoms with Crippen molar-refractivity contribution in [2.75, 3.05) is 0 Å². The van der Waals surface area contributed by atoms with Crippen LogP contribution in [0.3, 0.4) is 0 Å². The Morgan fingerprint density at radius 2 is 1.62 bits per heavy atom. The van der Waals surface area contributed by atoms with Gasteiger partial charge >= 0.3 is 0 Å². The number of carbonyl (C=O) groups is 1. The van der Waals surface area contributed by atoms with Crippen LogP contribution in [0.4, 0.5) is 0 Å². The summed E-state index contributed by atoms with van der Waals surface area (Å²) < 4.78 is 0. The molecule has 1 N–H and O–H groups in total. The lowest BCUT2D eigenvalue weighted by atomic mass is 9.79. The summed E-state index contributed by atoms with van der Waals surface area (Å²) in [5.41, 5.74) is -0.178. The predicted octanol–water partition coefficient (Wildman–Crippen LogP) is 5.70. The molecule has 0 heterocycles. The predicted molar refractivity (Wildman–Crippen MR) is 93.5 cm³/mol. The Balaban J connectivity index is 4.68. The zero-order chi connectivity index (χ0) is 16.3. The summed E-state index contributed by atoms with van der Waals surface area (Å²) in [6.45, 7) is 13.2. The van der Waals surface area contributed by atoms with E-state index in [1.807, 2.05) is 0 Å². The molecule has 0 bridgehead atoms. The third-order valence-electron chi connectivity index (χ3n) is 4.89. The van der Waals surface area contributed by atoms with Crippen LogP contribution in [0.15, 0.2) is 0 Å². The smallest absolute Gasteiger partial charge is 0.226 e. The summed E-state index contributed by atoms with van der Waals surface area (Å²) in [6.07, 6.45) is 10.1. The molecular weight excluding hydrogens is 258 g/mol. The van der Waals surface area contributed by atoms with Crippen LogP contribution in [-0.2, 0) is 4.79 Å². The Morgan fingerprint density at radius 1 is 1.00 bits per heavy atom. The minimum absolute atomic E-state index is 0.178. The van der Waals surface area contributed by atoms with Gasteiger partial charge in [-0.1, -0.05) is 73.6 Å². The van der Waals surface area contributed by atoms with Gasteiger partial charge in [-0.3, -0.25) is 4.79 Å². The van der Waals surface area contributed by atoms with Gasteiger partial charge in [-0.2, -0.15) is 0 Å². The largest absolute Gasteiger partial charge is 0.353 e. The van der Waals surface area contributed by atoms with Gasteiger partial charge in [-0.25, -0.2) is 0 Å². The Bertz CT molecular complexity index is 277. The maximum atomic E-state index is 12.8. The molecule has 0 aromatic carbocycles. The van der Waals surface area contributed by atoms with Crippen molar-refractivity contribution in [2.24, 2.45) is 11.3 Å². The average molecular weight is 298 g/mol. The van der Waals surface area contributed by atoms with Gasteiger partial charge in [0.15, 0.2) is 0 Å². The van der Waals surface area contributed by atoms with Crippen molar-refractivity contribution in [2.45, 2.75) is 105 Å². The van der Waals surface area contributed by atoms with Gasteiger partial charge in [0.2, 0.25) is 5.91 Å². The summed E-state index contributed by atoms with van der Waals surface area (Å²) in [5.74, 6) is 0.865. The number of hydrogen-bond acceptors (Lipinski definition) is 1. The van der Waals surface area contributed by atoms with Crippen molar-refractivity contribution in [1.82, 2.24) is 5.32 Å². The molecule has 0 spiro atoms. The molecule has 0 radical (unpaired) electrons. The van der Waals surface area contributed by atoms with Gasteiger partial charge in [0.25, 0.3) is 0 Å². The minimum Gasteiger partial charge on any atom is -0.353 e. The summed E-state index contributed by atoms with van der Waals surface area (Å²) in [7, 11) is 0. The highest BCUT2D eigenvalue weighted by Crippen LogP contribution is 2.31. The molecule has 0 aliphatic rings. The number of nitrogens with one attached hydrogen (secondary N) is 1. The van der Waals surface area contributed by atoms with E-state index in [1.165, 1.54) is 19.3 Å². The van der Waals surface area contributed by atoms with Crippen LogP contribution in [-0.4, -0.2) is 11.9 Å². The fourth-order valence-corrected chi connectivity index (χ4v) is 3.19. The van der Waals surface area contributed by atoms with E-state index in [1.54, 1.807) is 0 Å². The van der Waals surface area contributed by atoms with Crippen LogP contribution in [0.5, 0.6) is 0 Å². The monoisotopic (exact) mass is 297 g/mol. The maximum Gasteiger partial charge on any atom is 0.226 e. The first-order valence-corrected chi connectivity index (χ1v) is 9.26. The third-order valence-corrected chi connectivity index (χ3v) is 4.89. The van der Waals surface area contributed by atoms with Gasteiger partial charge < -0.3 is 5.32 Å². The molecule has 0 saturated heterocycles. The molecule has 2 heteroatoms. The van der Waals surface area contributed by atoms with E-state index in [0.29, 0.717) is 12.0 Å². The zero-order valence-electron chi connectivity index (χ0n) is 15.4. The van der Waals surface area contributed by atoms with Crippen LogP contribution < -0.4 is 5.32 Å². The molecule has 0 saturated carbocycles. The molecule has 21 heavy (non-hydrogen) atoms. The van der Waals surface area contributed by atoms with Crippen LogP contribution in [0, 0.1) is 11.3 Å². The van der Waals surface area contributed by atoms with Crippen molar-refractivity contribution in [3.05, 3.63) is 0 Å². The summed E-state index contributed by atoms with van der Waals surface area (Å²) in [4.78, 5) is 12.8. The Morgan fingerprint density at radius 3 is 2.10 bits per heavy atom. The van der Waals surface area contributed by atoms with E-state index in [4.69, 9.17) is 0 Å². The second-order valence-electron chi connectivity index (χ2n) is 7.02. The van der Waals surface area contributed by atoms with Crippen LogP contribution in [0.1, 0.15) is 99.3 Å². The molecule has 3 atom stereocenters. The number of amides is 1. The lowest BCUT2D eigenvalue weighted by Gasteiger charge is -2.32. The van der Waals surface area contributed by atoms with Gasteiger partial charge in [0, 0.05) is 11.5 Å². The van der Waals surface area contributed by atoms with Crippen molar-refractivity contribution < 1.29 is 4.79 Å². The standard InChI is InChI=1S/C19H39NO/c1-7-11-13-16(5)17(10-4)20-18(21)19(6,14-9-3)15-12-8-2/h16-17H,7-15H2,1-6H3,(H,20,21). The van der Waals surface area contributed by atoms with Gasteiger partial charge in [0.05, 0.1) is 0 Å². The van der Waals surface area contributed by atoms with E-state index in [9.17, 15) is 4.79 Å². The second kappa shape index (κ2) is 11.1. The number of unbranched alkanes of at least 4 members (excludes halogenated alkanes) is 2. The topological polar surface area (TPSA) is 29.1 Å². The van der Waals surface area contributed by atoms with Crippen LogP contribution in [0.2, 0.25) is 0 Å². The lowest BCUT2D eigenvalue weighted by molar-refractivity contribution is -0.132. The maximum absolute atomic E-state index is 12.8. The van der Waals surface area contributed by atoms with E-state index in [0.717, 1.165) is 38.5 Å². The average Bonchev–Trinajstić information content (AvgIpc) is 2.48. The number of rotatable bonds is 12. The summed E-state index contributed by atoms with van der Waals surface area (Å²) in [6, 6.07) is 0.335. The fraction of sp³-hybridized carbons (Fsp3) is 0.947. The second-order valence-corrected chi connectivity index (χ2v) is 7.02. The normalized spacial score (nSPS) is 17.0. The highest BCUT2D eigenvalue weighted by atomic mass is 16.2. The first kappa shape index (κ1) is 20.5. The highest BCUT2D eigenvalue weighted by Gasteiger charge is 2.33. The Hall–Kier alpha value is -0.530. The quantitative estimate of drug-likeness (QED) is 0.491. The van der Waals surface area contributed by atoms with Gasteiger partial charge in [-0.05, 0) is 31.6 Å². The molecule has 0 rings (SSSR count). The van der Waals surface area contributed by atoms with Crippen molar-refractivity contribution >= 4 is 5.91 Å². The SMILES string of the molecule is CCCCC(C)C(CC)NC(=O)C(C)(CCC)CCCC. The molecule has 0 aromatic rings. The molecule has 126 valence electrons. The molecule has 2 nitrogen and oxygen atoms in total. The van der Waals surface area contributed by atoms with Crippen molar-refractivity contribution in [1.29, 1.82) is 0 Å². The molecule has 0 fully saturated rings. The molecule has 3 unspecified atom stereocenters. The van der Waals surface area contributed by atoms with Crippen LogP contribution in [0.25, 0.3) is 0 Å². The molecule has 0 aliphatic carbocycles. The van der Waals surface area contributed by atoms with Crippen molar-refractivity contribution in [3.8, 4) is 0 Å². The molecule has 1 amide bonds. The minimum atomic E-state index is -0.178. The molecular formula is C19H39NO. The third kappa shape index (κ3) is 7.33. The Kier molecular flexibility index (Phi) is 10.8.